The third kappa shape index (κ3) is 6.20. The van der Waals surface area contributed by atoms with Crippen LogP contribution in [0.2, 0.25) is 0 Å². The lowest BCUT2D eigenvalue weighted by Gasteiger charge is -2.24. The highest BCUT2D eigenvalue weighted by atomic mass is 79.9. The summed E-state index contributed by atoms with van der Waals surface area (Å²) in [7, 11) is 0. The normalized spacial score (nSPS) is 11.8. The number of hydrogen-bond acceptors (Lipinski definition) is 2. The van der Waals surface area contributed by atoms with E-state index in [-0.39, 0.29) is 5.41 Å². The molecule has 3 heteroatoms. The third-order valence-corrected chi connectivity index (χ3v) is 3.06. The minimum absolute atomic E-state index is 0.186. The SMILES string of the molecule is CCNCC(C)(C)COCc1ccc(Br)cc1. The first-order chi connectivity index (χ1) is 8.03. The van der Waals surface area contributed by atoms with E-state index in [9.17, 15) is 0 Å². The Balaban J connectivity index is 2.29. The van der Waals surface area contributed by atoms with E-state index in [1.54, 1.807) is 0 Å². The first kappa shape index (κ1) is 14.7. The van der Waals surface area contributed by atoms with Crippen molar-refractivity contribution in [3.63, 3.8) is 0 Å². The number of ether oxygens (including phenoxy) is 1. The molecule has 0 aliphatic carbocycles. The van der Waals surface area contributed by atoms with Gasteiger partial charge in [0.25, 0.3) is 0 Å². The lowest BCUT2D eigenvalue weighted by molar-refractivity contribution is 0.0515. The third-order valence-electron chi connectivity index (χ3n) is 2.53. The fraction of sp³-hybridized carbons (Fsp3) is 0.571. The lowest BCUT2D eigenvalue weighted by atomic mass is 9.95. The van der Waals surface area contributed by atoms with Gasteiger partial charge in [0.05, 0.1) is 13.2 Å². The van der Waals surface area contributed by atoms with Crippen molar-refractivity contribution in [1.29, 1.82) is 0 Å². The summed E-state index contributed by atoms with van der Waals surface area (Å²) in [6, 6.07) is 8.26. The number of benzene rings is 1. The molecule has 1 rings (SSSR count). The molecule has 0 spiro atoms. The predicted molar refractivity (Wildman–Crippen MR) is 76.1 cm³/mol. The smallest absolute Gasteiger partial charge is 0.0717 e. The van der Waals surface area contributed by atoms with E-state index < -0.39 is 0 Å². The standard InChI is InChI=1S/C14H22BrNO/c1-4-16-10-14(2,3)11-17-9-12-5-7-13(15)8-6-12/h5-8,16H,4,9-11H2,1-3H3. The maximum absolute atomic E-state index is 5.77. The first-order valence-corrected chi connectivity index (χ1v) is 6.86. The molecule has 2 nitrogen and oxygen atoms in total. The number of rotatable bonds is 7. The van der Waals surface area contributed by atoms with Crippen molar-refractivity contribution in [1.82, 2.24) is 5.32 Å². The van der Waals surface area contributed by atoms with Gasteiger partial charge >= 0.3 is 0 Å². The maximum Gasteiger partial charge on any atom is 0.0717 e. The molecular formula is C14H22BrNO. The molecular weight excluding hydrogens is 278 g/mol. The molecule has 0 fully saturated rings. The van der Waals surface area contributed by atoms with E-state index >= 15 is 0 Å². The maximum atomic E-state index is 5.77. The second-order valence-corrected chi connectivity index (χ2v) is 5.98. The Bertz CT molecular complexity index is 321. The summed E-state index contributed by atoms with van der Waals surface area (Å²) < 4.78 is 6.87. The van der Waals surface area contributed by atoms with Crippen LogP contribution in [0.4, 0.5) is 0 Å². The minimum atomic E-state index is 0.186. The topological polar surface area (TPSA) is 21.3 Å². The van der Waals surface area contributed by atoms with Gasteiger partial charge in [0.2, 0.25) is 0 Å². The fourth-order valence-corrected chi connectivity index (χ4v) is 1.80. The van der Waals surface area contributed by atoms with Crippen molar-refractivity contribution in [3.8, 4) is 0 Å². The molecule has 1 aromatic rings. The van der Waals surface area contributed by atoms with Crippen LogP contribution in [0.15, 0.2) is 28.7 Å². The van der Waals surface area contributed by atoms with Gasteiger partial charge in [-0.05, 0) is 24.2 Å². The van der Waals surface area contributed by atoms with Crippen molar-refractivity contribution in [3.05, 3.63) is 34.3 Å². The quantitative estimate of drug-likeness (QED) is 0.830. The molecule has 0 heterocycles. The Morgan fingerprint density at radius 1 is 1.24 bits per heavy atom. The van der Waals surface area contributed by atoms with Crippen molar-refractivity contribution in [2.75, 3.05) is 19.7 Å². The van der Waals surface area contributed by atoms with Gasteiger partial charge < -0.3 is 10.1 Å². The molecule has 0 aliphatic heterocycles. The molecule has 0 radical (unpaired) electrons. The van der Waals surface area contributed by atoms with E-state index in [2.05, 4.69) is 54.2 Å². The van der Waals surface area contributed by atoms with Gasteiger partial charge in [-0.2, -0.15) is 0 Å². The highest BCUT2D eigenvalue weighted by molar-refractivity contribution is 9.10. The zero-order valence-corrected chi connectivity index (χ0v) is 12.5. The molecule has 96 valence electrons. The molecule has 17 heavy (non-hydrogen) atoms. The molecule has 0 aliphatic rings. The Kier molecular flexibility index (Phi) is 6.17. The molecule has 0 amide bonds. The Labute approximate surface area is 113 Å². The van der Waals surface area contributed by atoms with Crippen LogP contribution in [-0.4, -0.2) is 19.7 Å². The van der Waals surface area contributed by atoms with E-state index in [4.69, 9.17) is 4.74 Å². The van der Waals surface area contributed by atoms with Crippen LogP contribution in [0, 0.1) is 5.41 Å². The Morgan fingerprint density at radius 3 is 2.47 bits per heavy atom. The van der Waals surface area contributed by atoms with E-state index in [0.29, 0.717) is 6.61 Å². The van der Waals surface area contributed by atoms with Crippen molar-refractivity contribution < 1.29 is 4.74 Å². The predicted octanol–water partition coefficient (Wildman–Crippen LogP) is 3.60. The summed E-state index contributed by atoms with van der Waals surface area (Å²) in [5.41, 5.74) is 1.40. The second kappa shape index (κ2) is 7.14. The largest absolute Gasteiger partial charge is 0.376 e. The molecule has 0 saturated carbocycles. The summed E-state index contributed by atoms with van der Waals surface area (Å²) >= 11 is 3.42. The number of nitrogens with one attached hydrogen (secondary N) is 1. The molecule has 0 saturated heterocycles. The number of halogens is 1. The van der Waals surface area contributed by atoms with Gasteiger partial charge in [-0.25, -0.2) is 0 Å². The van der Waals surface area contributed by atoms with Crippen LogP contribution in [-0.2, 0) is 11.3 Å². The van der Waals surface area contributed by atoms with E-state index in [0.717, 1.165) is 24.2 Å². The second-order valence-electron chi connectivity index (χ2n) is 5.06. The van der Waals surface area contributed by atoms with Crippen molar-refractivity contribution in [2.24, 2.45) is 5.41 Å². The van der Waals surface area contributed by atoms with Crippen molar-refractivity contribution in [2.45, 2.75) is 27.4 Å². The lowest BCUT2D eigenvalue weighted by Crippen LogP contribution is -2.33. The molecule has 1 N–H and O–H groups in total. The van der Waals surface area contributed by atoms with Gasteiger partial charge in [-0.15, -0.1) is 0 Å². The summed E-state index contributed by atoms with van der Waals surface area (Å²) in [5.74, 6) is 0. The van der Waals surface area contributed by atoms with Crippen molar-refractivity contribution >= 4 is 15.9 Å². The molecule has 1 aromatic carbocycles. The zero-order chi connectivity index (χ0) is 12.7. The van der Waals surface area contributed by atoms with Gasteiger partial charge in [0, 0.05) is 16.4 Å². The average molecular weight is 300 g/mol. The highest BCUT2D eigenvalue weighted by Gasteiger charge is 2.17. The van der Waals surface area contributed by atoms with Crippen LogP contribution in [0.1, 0.15) is 26.3 Å². The van der Waals surface area contributed by atoms with E-state index in [1.807, 2.05) is 12.1 Å². The van der Waals surface area contributed by atoms with E-state index in [1.165, 1.54) is 5.56 Å². The van der Waals surface area contributed by atoms with Gasteiger partial charge in [-0.1, -0.05) is 48.8 Å². The minimum Gasteiger partial charge on any atom is -0.376 e. The summed E-state index contributed by atoms with van der Waals surface area (Å²) in [6.07, 6.45) is 0. The summed E-state index contributed by atoms with van der Waals surface area (Å²) in [6.45, 7) is 10.0. The van der Waals surface area contributed by atoms with Crippen LogP contribution >= 0.6 is 15.9 Å². The molecule has 0 unspecified atom stereocenters. The van der Waals surface area contributed by atoms with Gasteiger partial charge in [0.15, 0.2) is 0 Å². The van der Waals surface area contributed by atoms with Gasteiger partial charge in [0.1, 0.15) is 0 Å². The highest BCUT2D eigenvalue weighted by Crippen LogP contribution is 2.16. The fourth-order valence-electron chi connectivity index (χ4n) is 1.54. The zero-order valence-electron chi connectivity index (χ0n) is 10.9. The summed E-state index contributed by atoms with van der Waals surface area (Å²) in [5, 5.41) is 3.36. The monoisotopic (exact) mass is 299 g/mol. The summed E-state index contributed by atoms with van der Waals surface area (Å²) in [4.78, 5) is 0. The van der Waals surface area contributed by atoms with Gasteiger partial charge in [-0.3, -0.25) is 0 Å². The molecule has 0 aromatic heterocycles. The van der Waals surface area contributed by atoms with Crippen LogP contribution in [0.3, 0.4) is 0 Å². The number of hydrogen-bond donors (Lipinski definition) is 1. The first-order valence-electron chi connectivity index (χ1n) is 6.06. The average Bonchev–Trinajstić information content (AvgIpc) is 2.29. The molecule has 0 bridgehead atoms. The Hall–Kier alpha value is -0.380. The van der Waals surface area contributed by atoms with Crippen LogP contribution in [0.5, 0.6) is 0 Å². The van der Waals surface area contributed by atoms with Crippen LogP contribution < -0.4 is 5.32 Å². The van der Waals surface area contributed by atoms with Crippen LogP contribution in [0.25, 0.3) is 0 Å². The Morgan fingerprint density at radius 2 is 1.88 bits per heavy atom. The molecule has 0 atom stereocenters.